The number of carbonyl (C=O) groups excluding carboxylic acids is 3. The molecule has 2 heterocycles. The Morgan fingerprint density at radius 3 is 2.57 bits per heavy atom. The van der Waals surface area contributed by atoms with E-state index in [-0.39, 0.29) is 37.4 Å². The van der Waals surface area contributed by atoms with Crippen molar-refractivity contribution in [2.24, 2.45) is 5.92 Å². The van der Waals surface area contributed by atoms with Crippen LogP contribution < -0.4 is 15.4 Å². The molecular formula is C38H43N3O6. The number of hydrogen-bond acceptors (Lipinski definition) is 6. The number of aromatic amines is 1. The summed E-state index contributed by atoms with van der Waals surface area (Å²) in [6.45, 7) is 0.264. The number of aliphatic hydroxyl groups excluding tert-OH is 1. The number of ether oxygens (including phenoxy) is 2. The average molecular weight is 638 g/mol. The van der Waals surface area contributed by atoms with Gasteiger partial charge in [-0.1, -0.05) is 72.8 Å². The van der Waals surface area contributed by atoms with Gasteiger partial charge in [-0.05, 0) is 67.0 Å². The quantitative estimate of drug-likeness (QED) is 0.133. The van der Waals surface area contributed by atoms with E-state index in [4.69, 9.17) is 9.47 Å². The average Bonchev–Trinajstić information content (AvgIpc) is 3.50. The number of esters is 1. The molecule has 2 amide bonds. The summed E-state index contributed by atoms with van der Waals surface area (Å²) in [5.41, 5.74) is 4.01. The van der Waals surface area contributed by atoms with E-state index < -0.39 is 18.0 Å². The number of hydrogen-bond donors (Lipinski definition) is 4. The Morgan fingerprint density at radius 2 is 1.77 bits per heavy atom. The number of fused-ring (bicyclic) bond motifs is 1. The normalized spacial score (nSPS) is 18.2. The van der Waals surface area contributed by atoms with Crippen molar-refractivity contribution < 1.29 is 29.0 Å². The molecule has 3 atom stereocenters. The fourth-order valence-electron chi connectivity index (χ4n) is 5.75. The van der Waals surface area contributed by atoms with Crippen LogP contribution in [0, 0.1) is 5.92 Å². The van der Waals surface area contributed by atoms with Gasteiger partial charge >= 0.3 is 5.97 Å². The molecule has 1 aliphatic rings. The van der Waals surface area contributed by atoms with Gasteiger partial charge in [-0.25, -0.2) is 0 Å². The predicted octanol–water partition coefficient (Wildman–Crippen LogP) is 5.17. The van der Waals surface area contributed by atoms with Gasteiger partial charge in [-0.3, -0.25) is 14.4 Å². The highest BCUT2D eigenvalue weighted by Gasteiger charge is 2.26. The van der Waals surface area contributed by atoms with Gasteiger partial charge in [0.15, 0.2) is 0 Å². The molecule has 0 saturated heterocycles. The van der Waals surface area contributed by atoms with E-state index in [1.54, 1.807) is 0 Å². The minimum absolute atomic E-state index is 0.0408. The van der Waals surface area contributed by atoms with E-state index in [1.165, 1.54) is 0 Å². The van der Waals surface area contributed by atoms with Crippen LogP contribution >= 0.6 is 0 Å². The summed E-state index contributed by atoms with van der Waals surface area (Å²) >= 11 is 0. The minimum atomic E-state index is -0.631. The number of nitrogens with one attached hydrogen (secondary N) is 3. The Kier molecular flexibility index (Phi) is 12.2. The van der Waals surface area contributed by atoms with Crippen LogP contribution in [-0.2, 0) is 38.6 Å². The lowest BCUT2D eigenvalue weighted by Crippen LogP contribution is -2.45. The van der Waals surface area contributed by atoms with Gasteiger partial charge in [0.25, 0.3) is 0 Å². The van der Waals surface area contributed by atoms with E-state index >= 15 is 0 Å². The number of aromatic nitrogens is 1. The lowest BCUT2D eigenvalue weighted by atomic mass is 9.97. The first kappa shape index (κ1) is 33.5. The zero-order valence-corrected chi connectivity index (χ0v) is 26.5. The number of cyclic esters (lactones) is 1. The van der Waals surface area contributed by atoms with Gasteiger partial charge in [0.05, 0.1) is 24.6 Å². The van der Waals surface area contributed by atoms with E-state index in [0.29, 0.717) is 45.1 Å². The number of amides is 2. The van der Waals surface area contributed by atoms with Gasteiger partial charge in [0.1, 0.15) is 19.0 Å². The number of rotatable bonds is 11. The summed E-state index contributed by atoms with van der Waals surface area (Å²) in [6, 6.07) is 24.4. The van der Waals surface area contributed by atoms with Gasteiger partial charge < -0.3 is 30.2 Å². The van der Waals surface area contributed by atoms with Crippen molar-refractivity contribution in [3.05, 3.63) is 114 Å². The molecule has 4 aromatic rings. The van der Waals surface area contributed by atoms with Crippen molar-refractivity contribution in [1.82, 2.24) is 15.6 Å². The first-order chi connectivity index (χ1) is 23.0. The van der Waals surface area contributed by atoms with Crippen LogP contribution in [0.4, 0.5) is 0 Å². The van der Waals surface area contributed by atoms with Crippen LogP contribution in [-0.4, -0.2) is 53.2 Å². The smallest absolute Gasteiger partial charge is 0.305 e. The molecule has 47 heavy (non-hydrogen) atoms. The maximum atomic E-state index is 13.6. The van der Waals surface area contributed by atoms with Gasteiger partial charge in [-0.15, -0.1) is 0 Å². The molecule has 0 spiro atoms. The summed E-state index contributed by atoms with van der Waals surface area (Å²) in [7, 11) is 0. The van der Waals surface area contributed by atoms with Crippen LogP contribution in [0.2, 0.25) is 0 Å². The molecule has 1 aromatic heterocycles. The molecule has 0 bridgehead atoms. The molecule has 5 rings (SSSR count). The lowest BCUT2D eigenvalue weighted by molar-refractivity contribution is -0.145. The fraction of sp³-hybridized carbons (Fsp3) is 0.342. The van der Waals surface area contributed by atoms with E-state index in [1.807, 2.05) is 97.2 Å². The third-order valence-electron chi connectivity index (χ3n) is 8.31. The third-order valence-corrected chi connectivity index (χ3v) is 8.31. The SMILES string of the molecule is O=C(C[C@H]1CC=CCCCC(=O)OC[C@H](Cc2c[nH]c3ccccc23)NC1=O)N[C@H](CO)Cc1ccc(OCc2ccccc2)cc1. The number of para-hydroxylation sites is 1. The molecule has 9 heteroatoms. The van der Waals surface area contributed by atoms with E-state index in [9.17, 15) is 19.5 Å². The molecule has 246 valence electrons. The predicted molar refractivity (Wildman–Crippen MR) is 181 cm³/mol. The first-order valence-electron chi connectivity index (χ1n) is 16.3. The van der Waals surface area contributed by atoms with Gasteiger partial charge in [0.2, 0.25) is 11.8 Å². The van der Waals surface area contributed by atoms with Crippen LogP contribution in [0.15, 0.2) is 97.2 Å². The maximum Gasteiger partial charge on any atom is 0.305 e. The van der Waals surface area contributed by atoms with Crippen LogP contribution in [0.3, 0.4) is 0 Å². The number of benzene rings is 3. The zero-order chi connectivity index (χ0) is 32.8. The second-order valence-corrected chi connectivity index (χ2v) is 12.0. The number of H-pyrrole nitrogens is 1. The Hall–Kier alpha value is -4.89. The Bertz CT molecular complexity index is 1630. The molecule has 0 fully saturated rings. The largest absolute Gasteiger partial charge is 0.489 e. The van der Waals surface area contributed by atoms with Crippen LogP contribution in [0.5, 0.6) is 5.75 Å². The molecule has 0 unspecified atom stereocenters. The number of allylic oxidation sites excluding steroid dienone is 2. The molecule has 9 nitrogen and oxygen atoms in total. The summed E-state index contributed by atoms with van der Waals surface area (Å²) in [5, 5.41) is 17.1. The topological polar surface area (TPSA) is 130 Å². The van der Waals surface area contributed by atoms with E-state index in [2.05, 4.69) is 15.6 Å². The van der Waals surface area contributed by atoms with Crippen LogP contribution in [0.25, 0.3) is 10.9 Å². The van der Waals surface area contributed by atoms with Gasteiger partial charge in [-0.2, -0.15) is 0 Å². The lowest BCUT2D eigenvalue weighted by Gasteiger charge is -2.23. The Morgan fingerprint density at radius 1 is 0.979 bits per heavy atom. The molecule has 3 aromatic carbocycles. The highest BCUT2D eigenvalue weighted by Crippen LogP contribution is 2.21. The highest BCUT2D eigenvalue weighted by atomic mass is 16.5. The van der Waals surface area contributed by atoms with E-state index in [0.717, 1.165) is 33.3 Å². The first-order valence-corrected chi connectivity index (χ1v) is 16.3. The zero-order valence-electron chi connectivity index (χ0n) is 26.5. The van der Waals surface area contributed by atoms with Crippen molar-refractivity contribution in [2.45, 2.75) is 63.6 Å². The van der Waals surface area contributed by atoms with Gasteiger partial charge in [0, 0.05) is 29.9 Å². The minimum Gasteiger partial charge on any atom is -0.489 e. The van der Waals surface area contributed by atoms with Crippen molar-refractivity contribution in [2.75, 3.05) is 13.2 Å². The highest BCUT2D eigenvalue weighted by molar-refractivity contribution is 5.87. The monoisotopic (exact) mass is 637 g/mol. The fourth-order valence-corrected chi connectivity index (χ4v) is 5.75. The second kappa shape index (κ2) is 17.1. The number of carbonyl (C=O) groups is 3. The summed E-state index contributed by atoms with van der Waals surface area (Å²) in [6.07, 6.45) is 8.60. The van der Waals surface area contributed by atoms with Crippen molar-refractivity contribution >= 4 is 28.7 Å². The molecule has 1 aliphatic heterocycles. The van der Waals surface area contributed by atoms with Crippen molar-refractivity contribution in [3.8, 4) is 5.75 Å². The summed E-state index contributed by atoms with van der Waals surface area (Å²) in [5.74, 6) is -0.789. The molecular weight excluding hydrogens is 594 g/mol. The standard InChI is InChI=1S/C38H43N3O6/c42-24-31(20-27-16-18-33(19-17-27)46-25-28-10-4-3-5-11-28)40-36(43)22-29-12-6-1-2-7-15-37(44)47-26-32(41-38(29)45)21-30-23-39-35-14-9-8-13-34(30)35/h1,3-6,8-11,13-14,16-19,23,29,31-32,39,42H,2,7,12,15,20-22,24-26H2,(H,40,43)(H,41,45)/t29-,31+,32+/m1/s1. The molecule has 0 radical (unpaired) electrons. The third kappa shape index (κ3) is 10.3. The summed E-state index contributed by atoms with van der Waals surface area (Å²) in [4.78, 5) is 42.5. The summed E-state index contributed by atoms with van der Waals surface area (Å²) < 4.78 is 11.4. The molecule has 0 saturated carbocycles. The van der Waals surface area contributed by atoms with Crippen LogP contribution in [0.1, 0.15) is 48.8 Å². The Balaban J connectivity index is 1.19. The number of aliphatic hydroxyl groups is 1. The Labute approximate surface area is 275 Å². The molecule has 4 N–H and O–H groups in total. The van der Waals surface area contributed by atoms with Crippen molar-refractivity contribution in [1.29, 1.82) is 0 Å². The van der Waals surface area contributed by atoms with Crippen molar-refractivity contribution in [3.63, 3.8) is 0 Å². The second-order valence-electron chi connectivity index (χ2n) is 12.0. The molecule has 0 aliphatic carbocycles. The maximum absolute atomic E-state index is 13.6.